The average Bonchev–Trinajstić information content (AvgIpc) is 2.61. The lowest BCUT2D eigenvalue weighted by molar-refractivity contribution is 0.590. The third-order valence-electron chi connectivity index (χ3n) is 3.67. The van der Waals surface area contributed by atoms with Crippen LogP contribution in [0.1, 0.15) is 0 Å². The summed E-state index contributed by atoms with van der Waals surface area (Å²) in [6.45, 7) is 0. The third kappa shape index (κ3) is 6.54. The van der Waals surface area contributed by atoms with Gasteiger partial charge in [0.1, 0.15) is 10.8 Å². The van der Waals surface area contributed by atoms with Gasteiger partial charge in [-0.2, -0.15) is 14.2 Å². The summed E-state index contributed by atoms with van der Waals surface area (Å²) in [6.07, 6.45) is 2.34. The molecule has 2 rings (SSSR count). The normalized spacial score (nSPS) is 11.9. The minimum Gasteiger partial charge on any atom is -0.283 e. The molecule has 2 aromatic carbocycles. The van der Waals surface area contributed by atoms with Crippen LogP contribution in [0.25, 0.3) is 11.1 Å². The number of thiocyanates is 2. The molecule has 0 heterocycles. The van der Waals surface area contributed by atoms with Crippen molar-refractivity contribution < 1.29 is 25.3 Å². The number of benzene rings is 2. The molecule has 0 bridgehead atoms. The summed E-state index contributed by atoms with van der Waals surface area (Å²) in [4.78, 5) is 0.757. The van der Waals surface area contributed by atoms with Crippen molar-refractivity contribution in [2.24, 2.45) is 0 Å². The molecule has 10 nitrogen and oxygen atoms in total. The molecule has 32 heavy (non-hydrogen) atoms. The van der Waals surface area contributed by atoms with Gasteiger partial charge in [0.05, 0.1) is 30.1 Å². The van der Waals surface area contributed by atoms with Crippen molar-refractivity contribution in [3.05, 3.63) is 36.4 Å². The van der Waals surface area contributed by atoms with Crippen LogP contribution in [-0.4, -0.2) is 44.0 Å². The van der Waals surface area contributed by atoms with Crippen LogP contribution in [0.5, 0.6) is 0 Å². The average molecular weight is 533 g/mol. The molecule has 0 atom stereocenters. The Bertz CT molecular complexity index is 1420. The molecule has 0 fully saturated rings. The van der Waals surface area contributed by atoms with Crippen molar-refractivity contribution in [2.75, 3.05) is 27.2 Å². The van der Waals surface area contributed by atoms with Crippen LogP contribution < -0.4 is 8.43 Å². The summed E-state index contributed by atoms with van der Waals surface area (Å²) in [5.41, 5.74) is -0.110. The van der Waals surface area contributed by atoms with Gasteiger partial charge in [-0.3, -0.25) is 4.72 Å². The molecule has 0 aliphatic heterocycles. The number of nitrogens with one attached hydrogen (secondary N) is 1. The Morgan fingerprint density at radius 2 is 1.25 bits per heavy atom. The number of sulfonamides is 3. The highest BCUT2D eigenvalue weighted by atomic mass is 32.3. The van der Waals surface area contributed by atoms with Crippen LogP contribution in [-0.2, 0) is 30.1 Å². The first-order valence-electron chi connectivity index (χ1n) is 8.26. The molecule has 1 N–H and O–H groups in total. The van der Waals surface area contributed by atoms with Gasteiger partial charge in [0, 0.05) is 20.9 Å². The van der Waals surface area contributed by atoms with Crippen molar-refractivity contribution in [1.82, 2.24) is 0 Å². The van der Waals surface area contributed by atoms with E-state index in [1.165, 1.54) is 36.4 Å². The van der Waals surface area contributed by atoms with E-state index in [4.69, 9.17) is 10.5 Å². The van der Waals surface area contributed by atoms with Gasteiger partial charge in [0.25, 0.3) is 0 Å². The van der Waals surface area contributed by atoms with Crippen molar-refractivity contribution in [1.29, 1.82) is 10.5 Å². The number of rotatable bonds is 8. The maximum atomic E-state index is 12.4. The first-order valence-corrected chi connectivity index (χ1v) is 15.5. The number of anilines is 2. The monoisotopic (exact) mass is 532 g/mol. The predicted molar refractivity (Wildman–Crippen MR) is 125 cm³/mol. The molecule has 15 heteroatoms. The molecule has 0 saturated heterocycles. The first-order chi connectivity index (χ1) is 14.7. The summed E-state index contributed by atoms with van der Waals surface area (Å²) in [5, 5.41) is 21.8. The fraction of sp³-hybridized carbons (Fsp3) is 0.176. The highest BCUT2D eigenvalue weighted by Gasteiger charge is 2.30. The maximum Gasteiger partial charge on any atom is 0.245 e. The van der Waals surface area contributed by atoms with Gasteiger partial charge in [0.2, 0.25) is 30.1 Å². The van der Waals surface area contributed by atoms with Gasteiger partial charge in [-0.1, -0.05) is 0 Å². The van der Waals surface area contributed by atoms with E-state index in [-0.39, 0.29) is 26.2 Å². The molecule has 0 aliphatic carbocycles. The lowest BCUT2D eigenvalue weighted by Crippen LogP contribution is -2.35. The Morgan fingerprint density at radius 3 is 1.69 bits per heavy atom. The molecule has 0 radical (unpaired) electrons. The largest absolute Gasteiger partial charge is 0.283 e. The van der Waals surface area contributed by atoms with E-state index < -0.39 is 30.1 Å². The minimum absolute atomic E-state index is 0.0210. The van der Waals surface area contributed by atoms with E-state index in [0.29, 0.717) is 22.3 Å². The van der Waals surface area contributed by atoms with E-state index in [1.54, 1.807) is 0 Å². The number of hydrogen-bond acceptors (Lipinski definition) is 10. The van der Waals surface area contributed by atoms with E-state index in [0.717, 1.165) is 29.8 Å². The second-order valence-electron chi connectivity index (χ2n) is 6.37. The summed E-state index contributed by atoms with van der Waals surface area (Å²) in [5.74, 6) is 0. The summed E-state index contributed by atoms with van der Waals surface area (Å²) in [6, 6.07) is 8.22. The highest BCUT2D eigenvalue weighted by Crippen LogP contribution is 2.41. The van der Waals surface area contributed by atoms with Crippen LogP contribution in [0.15, 0.2) is 46.2 Å². The molecule has 0 aliphatic rings. The summed E-state index contributed by atoms with van der Waals surface area (Å²) >= 11 is 1.52. The molecule has 2 aromatic rings. The molecule has 0 spiro atoms. The Balaban J connectivity index is 3.00. The van der Waals surface area contributed by atoms with Crippen molar-refractivity contribution in [3.63, 3.8) is 0 Å². The van der Waals surface area contributed by atoms with Crippen LogP contribution in [0.3, 0.4) is 0 Å². The number of nitrogens with zero attached hydrogens (tertiary/aromatic N) is 3. The molecular formula is C17H16N4O6S5. The Labute approximate surface area is 195 Å². The van der Waals surface area contributed by atoms with Gasteiger partial charge in [0.15, 0.2) is 0 Å². The Morgan fingerprint density at radius 1 is 0.781 bits per heavy atom. The molecule has 170 valence electrons. The second-order valence-corrected chi connectivity index (χ2v) is 13.7. The van der Waals surface area contributed by atoms with Gasteiger partial charge < -0.3 is 0 Å². The number of nitriles is 2. The second kappa shape index (κ2) is 9.60. The lowest BCUT2D eigenvalue weighted by atomic mass is 10.0. The number of thioether (sulfide) groups is 2. The fourth-order valence-corrected chi connectivity index (χ4v) is 7.18. The lowest BCUT2D eigenvalue weighted by Gasteiger charge is -2.24. The summed E-state index contributed by atoms with van der Waals surface area (Å²) < 4.78 is 75.8. The minimum atomic E-state index is -4.32. The van der Waals surface area contributed by atoms with Crippen LogP contribution in [0, 0.1) is 21.3 Å². The standard InChI is InChI=1S/C17H16N4O6S5/c1-30(22,23)20-16-6-4-12(28-10-18)8-14(16)15-9-13(29-11-19)5-7-17(15)21(31(2,24)25)32(3,26)27/h4-9,20H,1-3H3. The van der Waals surface area contributed by atoms with Crippen LogP contribution >= 0.6 is 23.5 Å². The van der Waals surface area contributed by atoms with Gasteiger partial charge in [-0.25, -0.2) is 25.3 Å². The Kier molecular flexibility index (Phi) is 7.75. The predicted octanol–water partition coefficient (Wildman–Crippen LogP) is 2.60. The van der Waals surface area contributed by atoms with Gasteiger partial charge >= 0.3 is 0 Å². The first kappa shape index (κ1) is 25.8. The molecule has 0 saturated carbocycles. The smallest absolute Gasteiger partial charge is 0.245 e. The van der Waals surface area contributed by atoms with E-state index in [9.17, 15) is 25.3 Å². The van der Waals surface area contributed by atoms with Crippen LogP contribution in [0.4, 0.5) is 11.4 Å². The van der Waals surface area contributed by atoms with Crippen LogP contribution in [0.2, 0.25) is 0 Å². The van der Waals surface area contributed by atoms with E-state index in [2.05, 4.69) is 4.72 Å². The maximum absolute atomic E-state index is 12.4. The highest BCUT2D eigenvalue weighted by molar-refractivity contribution is 8.09. The van der Waals surface area contributed by atoms with Gasteiger partial charge in [-0.15, -0.1) is 0 Å². The van der Waals surface area contributed by atoms with Crippen molar-refractivity contribution >= 4 is 65.0 Å². The zero-order valence-corrected chi connectivity index (χ0v) is 20.9. The molecule has 0 aromatic heterocycles. The van der Waals surface area contributed by atoms with Crippen molar-refractivity contribution in [2.45, 2.75) is 9.79 Å². The number of hydrogen-bond donors (Lipinski definition) is 1. The van der Waals surface area contributed by atoms with Crippen molar-refractivity contribution in [3.8, 4) is 21.9 Å². The fourth-order valence-electron chi connectivity index (χ4n) is 2.76. The molecule has 0 unspecified atom stereocenters. The summed E-state index contributed by atoms with van der Waals surface area (Å²) in [7, 11) is -12.4. The van der Waals surface area contributed by atoms with E-state index in [1.807, 2.05) is 10.8 Å². The zero-order valence-electron chi connectivity index (χ0n) is 16.8. The third-order valence-corrected chi connectivity index (χ3v) is 8.65. The zero-order chi connectivity index (χ0) is 24.3. The quantitative estimate of drug-likeness (QED) is 0.394. The molecule has 0 amide bonds. The van der Waals surface area contributed by atoms with E-state index >= 15 is 0 Å². The molecular weight excluding hydrogens is 517 g/mol. The topological polar surface area (TPSA) is 165 Å². The SMILES string of the molecule is CS(=O)(=O)Nc1ccc(SC#N)cc1-c1cc(SC#N)ccc1N(S(C)(=O)=O)S(C)(=O)=O. The van der Waals surface area contributed by atoms with Gasteiger partial charge in [-0.05, 0) is 59.9 Å². The Hall–Kier alpha value is -2.43.